The van der Waals surface area contributed by atoms with Gasteiger partial charge in [-0.1, -0.05) is 6.07 Å². The highest BCUT2D eigenvalue weighted by Gasteiger charge is 2.54. The van der Waals surface area contributed by atoms with Crippen molar-refractivity contribution < 1.29 is 41.0 Å². The molecule has 6 nitrogen and oxygen atoms in total. The van der Waals surface area contributed by atoms with E-state index in [-0.39, 0.29) is 37.1 Å². The molecule has 1 N–H and O–H groups in total. The van der Waals surface area contributed by atoms with Gasteiger partial charge in [-0.2, -0.15) is 13.2 Å². The SMILES string of the molecule is O=C1N[C@]2(CO1)C[C@H](C(=O)N1CC(OCc3ccc(C(F)(F)F)c(F)c3F)C1)C2. The number of alkyl halides is 3. The standard InChI is InChI=1S/C18H17F5N2O4/c19-13-9(1-2-12(14(13)20)18(21,22)23)7-28-11-5-25(6-11)15(26)10-3-17(4-10)8-29-16(27)24-17/h1-2,10-11H,3-8H2,(H,24,27)/t10-,17+. The Kier molecular flexibility index (Phi) is 4.67. The minimum atomic E-state index is -4.98. The zero-order valence-electron chi connectivity index (χ0n) is 15.0. The van der Waals surface area contributed by atoms with Crippen LogP contribution >= 0.6 is 0 Å². The summed E-state index contributed by atoms with van der Waals surface area (Å²) in [6.45, 7) is 0.367. The van der Waals surface area contributed by atoms with Crippen LogP contribution in [0.2, 0.25) is 0 Å². The minimum Gasteiger partial charge on any atom is -0.447 e. The number of cyclic esters (lactones) is 1. The lowest BCUT2D eigenvalue weighted by Gasteiger charge is -2.47. The Morgan fingerprint density at radius 2 is 1.93 bits per heavy atom. The van der Waals surface area contributed by atoms with Crippen LogP contribution in [-0.2, 0) is 27.1 Å². The van der Waals surface area contributed by atoms with Gasteiger partial charge >= 0.3 is 12.3 Å². The Balaban J connectivity index is 1.24. The van der Waals surface area contributed by atoms with Crippen molar-refractivity contribution in [2.24, 2.45) is 5.92 Å². The number of hydrogen-bond acceptors (Lipinski definition) is 4. The molecule has 0 bridgehead atoms. The summed E-state index contributed by atoms with van der Waals surface area (Å²) in [4.78, 5) is 25.1. The third-order valence-corrected chi connectivity index (χ3v) is 5.57. The van der Waals surface area contributed by atoms with Gasteiger partial charge in [0.05, 0.1) is 23.8 Å². The molecule has 1 aliphatic carbocycles. The maximum atomic E-state index is 13.8. The molecule has 2 saturated heterocycles. The van der Waals surface area contributed by atoms with E-state index in [2.05, 4.69) is 5.32 Å². The Labute approximate surface area is 161 Å². The van der Waals surface area contributed by atoms with Gasteiger partial charge < -0.3 is 19.7 Å². The van der Waals surface area contributed by atoms with Gasteiger partial charge in [0.15, 0.2) is 11.6 Å². The summed E-state index contributed by atoms with van der Waals surface area (Å²) in [5.74, 6) is -3.85. The third kappa shape index (κ3) is 3.63. The molecule has 3 fully saturated rings. The molecule has 0 aromatic heterocycles. The summed E-state index contributed by atoms with van der Waals surface area (Å²) in [5.41, 5.74) is -2.44. The van der Waals surface area contributed by atoms with Crippen LogP contribution in [0.3, 0.4) is 0 Å². The number of carbonyl (C=O) groups is 2. The van der Waals surface area contributed by atoms with Crippen LogP contribution in [-0.4, -0.2) is 48.2 Å². The number of hydrogen-bond donors (Lipinski definition) is 1. The molecule has 1 spiro atoms. The van der Waals surface area contributed by atoms with Crippen LogP contribution in [0.5, 0.6) is 0 Å². The zero-order chi connectivity index (χ0) is 21.0. The Bertz CT molecular complexity index is 847. The number of halogens is 5. The van der Waals surface area contributed by atoms with Gasteiger partial charge in [-0.3, -0.25) is 4.79 Å². The third-order valence-electron chi connectivity index (χ3n) is 5.57. The summed E-state index contributed by atoms with van der Waals surface area (Å²) in [7, 11) is 0. The average Bonchev–Trinajstić information content (AvgIpc) is 2.96. The second-order valence-electron chi connectivity index (χ2n) is 7.66. The number of likely N-dealkylation sites (tertiary alicyclic amines) is 1. The first-order valence-corrected chi connectivity index (χ1v) is 8.97. The fourth-order valence-corrected chi connectivity index (χ4v) is 3.88. The van der Waals surface area contributed by atoms with E-state index in [1.165, 1.54) is 0 Å². The molecule has 1 aromatic carbocycles. The Hall–Kier alpha value is -2.43. The van der Waals surface area contributed by atoms with Gasteiger partial charge in [0.25, 0.3) is 0 Å². The topological polar surface area (TPSA) is 67.9 Å². The molecular formula is C18H17F5N2O4. The van der Waals surface area contributed by atoms with E-state index < -0.39 is 47.7 Å². The maximum absolute atomic E-state index is 13.8. The number of amides is 2. The number of benzene rings is 1. The van der Waals surface area contributed by atoms with Crippen molar-refractivity contribution >= 4 is 12.0 Å². The van der Waals surface area contributed by atoms with E-state index in [0.29, 0.717) is 18.9 Å². The van der Waals surface area contributed by atoms with Crippen LogP contribution in [0, 0.1) is 17.6 Å². The van der Waals surface area contributed by atoms with Gasteiger partial charge in [-0.25, -0.2) is 13.6 Å². The summed E-state index contributed by atoms with van der Waals surface area (Å²) < 4.78 is 75.4. The lowest BCUT2D eigenvalue weighted by molar-refractivity contribution is -0.155. The Morgan fingerprint density at radius 1 is 1.24 bits per heavy atom. The molecule has 1 saturated carbocycles. The molecule has 0 atom stereocenters. The van der Waals surface area contributed by atoms with Crippen LogP contribution < -0.4 is 5.32 Å². The van der Waals surface area contributed by atoms with Gasteiger partial charge in [-0.15, -0.1) is 0 Å². The number of nitrogens with zero attached hydrogens (tertiary/aromatic N) is 1. The molecule has 2 amide bonds. The second-order valence-corrected chi connectivity index (χ2v) is 7.66. The lowest BCUT2D eigenvalue weighted by Crippen LogP contribution is -2.62. The molecule has 29 heavy (non-hydrogen) atoms. The molecule has 1 aromatic rings. The van der Waals surface area contributed by atoms with Crippen molar-refractivity contribution in [3.63, 3.8) is 0 Å². The van der Waals surface area contributed by atoms with E-state index in [1.54, 1.807) is 4.90 Å². The predicted octanol–water partition coefficient (Wildman–Crippen LogP) is 2.60. The highest BCUT2D eigenvalue weighted by atomic mass is 19.4. The van der Waals surface area contributed by atoms with Crippen molar-refractivity contribution in [2.45, 2.75) is 37.3 Å². The molecule has 0 radical (unpaired) electrons. The van der Waals surface area contributed by atoms with Crippen LogP contribution in [0.1, 0.15) is 24.0 Å². The average molecular weight is 420 g/mol. The van der Waals surface area contributed by atoms with Crippen LogP contribution in [0.15, 0.2) is 12.1 Å². The largest absolute Gasteiger partial charge is 0.447 e. The van der Waals surface area contributed by atoms with E-state index in [4.69, 9.17) is 9.47 Å². The molecular weight excluding hydrogens is 403 g/mol. The van der Waals surface area contributed by atoms with E-state index >= 15 is 0 Å². The van der Waals surface area contributed by atoms with Crippen LogP contribution in [0.25, 0.3) is 0 Å². The molecule has 2 heterocycles. The monoisotopic (exact) mass is 420 g/mol. The smallest absolute Gasteiger partial charge is 0.419 e. The van der Waals surface area contributed by atoms with E-state index in [0.717, 1.165) is 6.07 Å². The van der Waals surface area contributed by atoms with Gasteiger partial charge in [-0.05, 0) is 18.9 Å². The molecule has 3 aliphatic rings. The number of alkyl carbamates (subject to hydrolysis) is 1. The molecule has 11 heteroatoms. The Morgan fingerprint density at radius 3 is 2.52 bits per heavy atom. The lowest BCUT2D eigenvalue weighted by atomic mass is 9.68. The first-order valence-electron chi connectivity index (χ1n) is 8.97. The van der Waals surface area contributed by atoms with Crippen LogP contribution in [0.4, 0.5) is 26.7 Å². The second kappa shape index (κ2) is 6.82. The summed E-state index contributed by atoms with van der Waals surface area (Å²) >= 11 is 0. The highest BCUT2D eigenvalue weighted by molar-refractivity contribution is 5.82. The first kappa shape index (κ1) is 19.9. The van der Waals surface area contributed by atoms with Crippen molar-refractivity contribution in [2.75, 3.05) is 19.7 Å². The normalized spacial score (nSPS) is 26.7. The quantitative estimate of drug-likeness (QED) is 0.761. The zero-order valence-corrected chi connectivity index (χ0v) is 15.0. The minimum absolute atomic E-state index is 0.0802. The number of carbonyl (C=O) groups excluding carboxylic acids is 2. The van der Waals surface area contributed by atoms with Crippen molar-refractivity contribution in [1.82, 2.24) is 10.2 Å². The molecule has 4 rings (SSSR count). The maximum Gasteiger partial charge on any atom is 0.419 e. The van der Waals surface area contributed by atoms with E-state index in [9.17, 15) is 31.5 Å². The summed E-state index contributed by atoms with van der Waals surface area (Å²) in [6.07, 6.45) is -4.88. The highest BCUT2D eigenvalue weighted by Crippen LogP contribution is 2.42. The van der Waals surface area contributed by atoms with Gasteiger partial charge in [0.1, 0.15) is 6.61 Å². The van der Waals surface area contributed by atoms with Gasteiger partial charge in [0.2, 0.25) is 5.91 Å². The number of nitrogens with one attached hydrogen (secondary N) is 1. The number of ether oxygens (including phenoxy) is 2. The molecule has 0 unspecified atom stereocenters. The molecule has 158 valence electrons. The molecule has 2 aliphatic heterocycles. The van der Waals surface area contributed by atoms with E-state index in [1.807, 2.05) is 0 Å². The van der Waals surface area contributed by atoms with Crippen molar-refractivity contribution in [1.29, 1.82) is 0 Å². The predicted molar refractivity (Wildman–Crippen MR) is 86.5 cm³/mol. The van der Waals surface area contributed by atoms with Crippen molar-refractivity contribution in [3.8, 4) is 0 Å². The fraction of sp³-hybridized carbons (Fsp3) is 0.556. The fourth-order valence-electron chi connectivity index (χ4n) is 3.88. The first-order chi connectivity index (χ1) is 13.6. The van der Waals surface area contributed by atoms with Crippen molar-refractivity contribution in [3.05, 3.63) is 34.9 Å². The van der Waals surface area contributed by atoms with Gasteiger partial charge in [0, 0.05) is 24.6 Å². The summed E-state index contributed by atoms with van der Waals surface area (Å²) in [6, 6.07) is 1.32. The number of rotatable bonds is 4. The summed E-state index contributed by atoms with van der Waals surface area (Å²) in [5, 5.41) is 2.70.